The maximum absolute atomic E-state index is 12.6. The first-order valence-corrected chi connectivity index (χ1v) is 13.1. The van der Waals surface area contributed by atoms with Gasteiger partial charge in [-0.05, 0) is 91.0 Å². The Hall–Kier alpha value is -4.28. The third-order valence-electron chi connectivity index (χ3n) is 5.38. The number of carbonyl (C=O) groups is 3. The number of ether oxygens (including phenoxy) is 2. The number of benzene rings is 4. The van der Waals surface area contributed by atoms with E-state index in [0.717, 1.165) is 8.95 Å². The van der Waals surface area contributed by atoms with Crippen LogP contribution in [0.3, 0.4) is 0 Å². The molecule has 0 heterocycles. The second-order valence-electron chi connectivity index (χ2n) is 8.04. The zero-order valence-electron chi connectivity index (χ0n) is 20.5. The molecular weight excluding hydrogens is 630 g/mol. The number of halogens is 2. The van der Waals surface area contributed by atoms with E-state index in [-0.39, 0.29) is 11.7 Å². The second-order valence-corrected chi connectivity index (χ2v) is 9.87. The number of nitrogens with one attached hydrogen (secondary N) is 2. The van der Waals surface area contributed by atoms with Crippen LogP contribution in [0.2, 0.25) is 0 Å². The van der Waals surface area contributed by atoms with E-state index in [1.165, 1.54) is 6.21 Å². The Labute approximate surface area is 241 Å². The molecule has 4 aromatic carbocycles. The summed E-state index contributed by atoms with van der Waals surface area (Å²) in [5.41, 5.74) is 4.67. The van der Waals surface area contributed by atoms with Gasteiger partial charge in [0, 0.05) is 31.3 Å². The molecule has 0 atom stereocenters. The third kappa shape index (κ3) is 7.62. The predicted molar refractivity (Wildman–Crippen MR) is 156 cm³/mol. The average Bonchev–Trinajstić information content (AvgIpc) is 2.95. The molecule has 0 aliphatic heterocycles. The van der Waals surface area contributed by atoms with Crippen molar-refractivity contribution in [1.29, 1.82) is 0 Å². The minimum Gasteiger partial charge on any atom is -0.497 e. The number of hydrogen-bond donors (Lipinski definition) is 2. The quantitative estimate of drug-likeness (QED) is 0.0986. The van der Waals surface area contributed by atoms with Crippen molar-refractivity contribution in [2.24, 2.45) is 5.10 Å². The number of anilines is 1. The lowest BCUT2D eigenvalue weighted by Crippen LogP contribution is -2.18. The van der Waals surface area contributed by atoms with E-state index < -0.39 is 11.9 Å². The van der Waals surface area contributed by atoms with Gasteiger partial charge in [-0.1, -0.05) is 31.9 Å². The van der Waals surface area contributed by atoms with E-state index in [9.17, 15) is 14.4 Å². The van der Waals surface area contributed by atoms with Gasteiger partial charge in [-0.3, -0.25) is 9.59 Å². The zero-order valence-corrected chi connectivity index (χ0v) is 23.7. The maximum atomic E-state index is 12.6. The van der Waals surface area contributed by atoms with Crippen LogP contribution in [0.5, 0.6) is 11.5 Å². The standard InChI is InChI=1S/C29H21Br2N3O5/c1-38-25-13-6-20(7-14-25)29(37)39-26-15-10-23(31)16-21(26)17-32-34-28(36)19-4-11-24(12-5-19)33-27(35)18-2-8-22(30)9-3-18/h2-17H,1H3,(H,33,35)(H,34,36)/b32-17-. The SMILES string of the molecule is COc1ccc(C(=O)Oc2ccc(Br)cc2/C=N\NC(=O)c2ccc(NC(=O)c3ccc(Br)cc3)cc2)cc1. The van der Waals surface area contributed by atoms with Crippen LogP contribution < -0.4 is 20.2 Å². The van der Waals surface area contributed by atoms with Gasteiger partial charge in [0.05, 0.1) is 18.9 Å². The molecule has 0 bridgehead atoms. The van der Waals surface area contributed by atoms with Gasteiger partial charge in [0.2, 0.25) is 0 Å². The zero-order chi connectivity index (χ0) is 27.8. The number of nitrogens with zero attached hydrogens (tertiary/aromatic N) is 1. The summed E-state index contributed by atoms with van der Waals surface area (Å²) in [5, 5.41) is 6.80. The van der Waals surface area contributed by atoms with Crippen molar-refractivity contribution in [2.45, 2.75) is 0 Å². The number of esters is 1. The minimum absolute atomic E-state index is 0.262. The van der Waals surface area contributed by atoms with Crippen molar-refractivity contribution in [1.82, 2.24) is 5.43 Å². The van der Waals surface area contributed by atoms with Crippen molar-refractivity contribution >= 4 is 61.5 Å². The third-order valence-corrected chi connectivity index (χ3v) is 6.40. The molecule has 2 N–H and O–H groups in total. The van der Waals surface area contributed by atoms with Crippen LogP contribution in [0.25, 0.3) is 0 Å². The Morgan fingerprint density at radius 2 is 1.33 bits per heavy atom. The first-order chi connectivity index (χ1) is 18.8. The summed E-state index contributed by atoms with van der Waals surface area (Å²) in [5.74, 6) is -0.377. The fourth-order valence-electron chi connectivity index (χ4n) is 3.33. The van der Waals surface area contributed by atoms with Crippen molar-refractivity contribution < 1.29 is 23.9 Å². The van der Waals surface area contributed by atoms with E-state index in [1.807, 2.05) is 0 Å². The molecule has 0 unspecified atom stereocenters. The van der Waals surface area contributed by atoms with Gasteiger partial charge < -0.3 is 14.8 Å². The summed E-state index contributed by atoms with van der Waals surface area (Å²) in [6.07, 6.45) is 1.38. The van der Waals surface area contributed by atoms with Crippen LogP contribution in [0.4, 0.5) is 5.69 Å². The molecule has 196 valence electrons. The lowest BCUT2D eigenvalue weighted by Gasteiger charge is -2.09. The van der Waals surface area contributed by atoms with Crippen molar-refractivity contribution in [3.63, 3.8) is 0 Å². The van der Waals surface area contributed by atoms with Crippen LogP contribution in [-0.2, 0) is 0 Å². The van der Waals surface area contributed by atoms with Gasteiger partial charge in [0.15, 0.2) is 0 Å². The van der Waals surface area contributed by atoms with Crippen LogP contribution >= 0.6 is 31.9 Å². The summed E-state index contributed by atoms with van der Waals surface area (Å²) >= 11 is 6.73. The van der Waals surface area contributed by atoms with Gasteiger partial charge in [-0.25, -0.2) is 10.2 Å². The normalized spacial score (nSPS) is 10.6. The average molecular weight is 651 g/mol. The first kappa shape index (κ1) is 27.7. The summed E-state index contributed by atoms with van der Waals surface area (Å²) in [6, 6.07) is 25.0. The van der Waals surface area contributed by atoms with Crippen LogP contribution in [-0.4, -0.2) is 31.1 Å². The van der Waals surface area contributed by atoms with E-state index in [2.05, 4.69) is 47.7 Å². The number of amides is 2. The molecule has 39 heavy (non-hydrogen) atoms. The summed E-state index contributed by atoms with van der Waals surface area (Å²) in [6.45, 7) is 0. The number of rotatable bonds is 8. The lowest BCUT2D eigenvalue weighted by molar-refractivity contribution is 0.0733. The molecule has 0 fully saturated rings. The summed E-state index contributed by atoms with van der Waals surface area (Å²) in [7, 11) is 1.54. The highest BCUT2D eigenvalue weighted by Gasteiger charge is 2.13. The predicted octanol–water partition coefficient (Wildman–Crippen LogP) is 6.46. The van der Waals surface area contributed by atoms with Gasteiger partial charge in [0.25, 0.3) is 11.8 Å². The Balaban J connectivity index is 1.38. The van der Waals surface area contributed by atoms with Gasteiger partial charge >= 0.3 is 5.97 Å². The van der Waals surface area contributed by atoms with Crippen LogP contribution in [0.1, 0.15) is 36.6 Å². The van der Waals surface area contributed by atoms with Crippen LogP contribution in [0.15, 0.2) is 105 Å². The fraction of sp³-hybridized carbons (Fsp3) is 0.0345. The maximum Gasteiger partial charge on any atom is 0.343 e. The molecule has 4 rings (SSSR count). The number of carbonyl (C=O) groups excluding carboxylic acids is 3. The fourth-order valence-corrected chi connectivity index (χ4v) is 3.98. The van der Waals surface area contributed by atoms with Gasteiger partial charge in [-0.2, -0.15) is 5.10 Å². The van der Waals surface area contributed by atoms with E-state index >= 15 is 0 Å². The molecule has 0 radical (unpaired) electrons. The van der Waals surface area contributed by atoms with Crippen molar-refractivity contribution in [3.05, 3.63) is 122 Å². The lowest BCUT2D eigenvalue weighted by atomic mass is 10.1. The Morgan fingerprint density at radius 1 is 0.744 bits per heavy atom. The smallest absolute Gasteiger partial charge is 0.343 e. The molecule has 4 aromatic rings. The molecule has 0 aliphatic carbocycles. The Kier molecular flexibility index (Phi) is 9.24. The number of hydrogen-bond acceptors (Lipinski definition) is 6. The Bertz CT molecular complexity index is 1520. The van der Waals surface area contributed by atoms with E-state index in [1.54, 1.807) is 98.1 Å². The van der Waals surface area contributed by atoms with Gasteiger partial charge in [-0.15, -0.1) is 0 Å². The molecule has 0 saturated heterocycles. The summed E-state index contributed by atoms with van der Waals surface area (Å²) in [4.78, 5) is 37.5. The number of hydrazone groups is 1. The molecule has 2 amide bonds. The minimum atomic E-state index is -0.550. The van der Waals surface area contributed by atoms with E-state index in [0.29, 0.717) is 33.7 Å². The Morgan fingerprint density at radius 3 is 2.00 bits per heavy atom. The molecule has 0 spiro atoms. The molecule has 0 saturated carbocycles. The largest absolute Gasteiger partial charge is 0.497 e. The van der Waals surface area contributed by atoms with E-state index in [4.69, 9.17) is 9.47 Å². The molecule has 8 nitrogen and oxygen atoms in total. The monoisotopic (exact) mass is 649 g/mol. The highest BCUT2D eigenvalue weighted by molar-refractivity contribution is 9.10. The topological polar surface area (TPSA) is 106 Å². The van der Waals surface area contributed by atoms with Crippen molar-refractivity contribution in [2.75, 3.05) is 12.4 Å². The highest BCUT2D eigenvalue weighted by atomic mass is 79.9. The molecular formula is C29H21Br2N3O5. The van der Waals surface area contributed by atoms with Crippen molar-refractivity contribution in [3.8, 4) is 11.5 Å². The van der Waals surface area contributed by atoms with Crippen LogP contribution in [0, 0.1) is 0 Å². The number of methoxy groups -OCH3 is 1. The molecule has 0 aliphatic rings. The summed E-state index contributed by atoms with van der Waals surface area (Å²) < 4.78 is 12.3. The molecule has 10 heteroatoms. The first-order valence-electron chi connectivity index (χ1n) is 11.5. The molecule has 0 aromatic heterocycles. The highest BCUT2D eigenvalue weighted by Crippen LogP contribution is 2.23. The van der Waals surface area contributed by atoms with Gasteiger partial charge in [0.1, 0.15) is 11.5 Å². The second kappa shape index (κ2) is 13.0.